The molecule has 1 aromatic rings. The summed E-state index contributed by atoms with van der Waals surface area (Å²) in [6.45, 7) is 7.57. The molecular weight excluding hydrogens is 318 g/mol. The minimum atomic E-state index is -0.158. The van der Waals surface area contributed by atoms with Crippen LogP contribution in [0.25, 0.3) is 0 Å². The predicted molar refractivity (Wildman–Crippen MR) is 96.4 cm³/mol. The second-order valence-electron chi connectivity index (χ2n) is 7.59. The van der Waals surface area contributed by atoms with Gasteiger partial charge in [0.2, 0.25) is 5.91 Å². The summed E-state index contributed by atoms with van der Waals surface area (Å²) in [7, 11) is 4.08. The number of likely N-dealkylation sites (tertiary alicyclic amines) is 1. The molecule has 2 saturated heterocycles. The number of hydrogen-bond donors (Lipinski definition) is 0. The lowest BCUT2D eigenvalue weighted by Gasteiger charge is -2.47. The van der Waals surface area contributed by atoms with Crippen molar-refractivity contribution in [3.8, 4) is 0 Å². The summed E-state index contributed by atoms with van der Waals surface area (Å²) in [5.41, 5.74) is -0.158. The molecule has 0 bridgehead atoms. The number of carbonyl (C=O) groups excluding carboxylic acids is 1. The molecule has 0 aromatic carbocycles. The van der Waals surface area contributed by atoms with E-state index in [-0.39, 0.29) is 18.1 Å². The Morgan fingerprint density at radius 3 is 2.56 bits per heavy atom. The Balaban J connectivity index is 1.52. The van der Waals surface area contributed by atoms with Crippen LogP contribution < -0.4 is 0 Å². The van der Waals surface area contributed by atoms with Crippen molar-refractivity contribution in [1.29, 1.82) is 0 Å². The van der Waals surface area contributed by atoms with Gasteiger partial charge in [-0.15, -0.1) is 0 Å². The van der Waals surface area contributed by atoms with Crippen molar-refractivity contribution in [2.45, 2.75) is 38.3 Å². The summed E-state index contributed by atoms with van der Waals surface area (Å²) < 4.78 is 11.8. The molecule has 140 valence electrons. The molecule has 6 heteroatoms. The first kappa shape index (κ1) is 18.4. The van der Waals surface area contributed by atoms with Gasteiger partial charge in [-0.25, -0.2) is 0 Å². The molecule has 0 unspecified atom stereocenters. The van der Waals surface area contributed by atoms with Crippen LogP contribution in [0.15, 0.2) is 16.5 Å². The van der Waals surface area contributed by atoms with Crippen molar-refractivity contribution in [3.63, 3.8) is 0 Å². The lowest BCUT2D eigenvalue weighted by Crippen LogP contribution is -2.59. The van der Waals surface area contributed by atoms with E-state index in [0.29, 0.717) is 0 Å². The molecule has 6 nitrogen and oxygen atoms in total. The molecule has 3 rings (SSSR count). The first-order valence-electron chi connectivity index (χ1n) is 9.36. The molecule has 0 aliphatic carbocycles. The van der Waals surface area contributed by atoms with Gasteiger partial charge in [0, 0.05) is 39.1 Å². The predicted octanol–water partition coefficient (Wildman–Crippen LogP) is 1.60. The summed E-state index contributed by atoms with van der Waals surface area (Å²) in [4.78, 5) is 18.7. The minimum Gasteiger partial charge on any atom is -0.465 e. The van der Waals surface area contributed by atoms with E-state index < -0.39 is 0 Å². The van der Waals surface area contributed by atoms with Crippen LogP contribution in [0.5, 0.6) is 0 Å². The van der Waals surface area contributed by atoms with Crippen molar-refractivity contribution < 1.29 is 13.9 Å². The summed E-state index contributed by atoms with van der Waals surface area (Å²) in [6, 6.07) is 4.15. The largest absolute Gasteiger partial charge is 0.465 e. The van der Waals surface area contributed by atoms with Gasteiger partial charge in [0.15, 0.2) is 0 Å². The van der Waals surface area contributed by atoms with Crippen LogP contribution in [0.4, 0.5) is 0 Å². The molecule has 1 spiro atoms. The number of aryl methyl sites for hydroxylation is 1. The van der Waals surface area contributed by atoms with Crippen LogP contribution >= 0.6 is 0 Å². The van der Waals surface area contributed by atoms with Crippen molar-refractivity contribution in [1.82, 2.24) is 14.7 Å². The van der Waals surface area contributed by atoms with Crippen molar-refractivity contribution in [3.05, 3.63) is 23.7 Å². The van der Waals surface area contributed by atoms with Crippen LogP contribution in [-0.2, 0) is 22.5 Å². The van der Waals surface area contributed by atoms with E-state index in [4.69, 9.17) is 9.15 Å². The van der Waals surface area contributed by atoms with Crippen LogP contribution in [0, 0.1) is 0 Å². The maximum absolute atomic E-state index is 12.1. The average Bonchev–Trinajstić information content (AvgIpc) is 3.06. The number of likely N-dealkylation sites (N-methyl/N-ethyl adjacent to an activating group) is 1. The number of carbonyl (C=O) groups is 1. The van der Waals surface area contributed by atoms with Gasteiger partial charge < -0.3 is 19.0 Å². The molecule has 0 atom stereocenters. The highest BCUT2D eigenvalue weighted by Crippen LogP contribution is 2.31. The van der Waals surface area contributed by atoms with Gasteiger partial charge in [-0.1, -0.05) is 6.92 Å². The lowest BCUT2D eigenvalue weighted by molar-refractivity contribution is -0.172. The standard InChI is InChI=1S/C19H31N3O3/c1-4-16-5-6-17(25-16)13-21-9-7-19(8-10-21)15-22(12-11-20(2)3)18(23)14-24-19/h5-6H,4,7-15H2,1-3H3. The lowest BCUT2D eigenvalue weighted by atomic mass is 9.89. The third kappa shape index (κ3) is 4.63. The van der Waals surface area contributed by atoms with Crippen LogP contribution in [0.1, 0.15) is 31.3 Å². The number of morpholine rings is 1. The molecule has 2 aliphatic heterocycles. The summed E-state index contributed by atoms with van der Waals surface area (Å²) >= 11 is 0. The number of amides is 1. The summed E-state index contributed by atoms with van der Waals surface area (Å²) in [5, 5.41) is 0. The number of ether oxygens (including phenoxy) is 1. The zero-order valence-corrected chi connectivity index (χ0v) is 15.8. The number of piperidine rings is 1. The fraction of sp³-hybridized carbons (Fsp3) is 0.737. The van der Waals surface area contributed by atoms with E-state index in [1.807, 2.05) is 19.0 Å². The Morgan fingerprint density at radius 2 is 1.92 bits per heavy atom. The summed E-state index contributed by atoms with van der Waals surface area (Å²) in [5.74, 6) is 2.21. The molecule has 25 heavy (non-hydrogen) atoms. The van der Waals surface area contributed by atoms with E-state index in [1.54, 1.807) is 0 Å². The van der Waals surface area contributed by atoms with E-state index in [0.717, 1.165) is 70.1 Å². The second-order valence-corrected chi connectivity index (χ2v) is 7.59. The van der Waals surface area contributed by atoms with Gasteiger partial charge >= 0.3 is 0 Å². The number of rotatable bonds is 6. The van der Waals surface area contributed by atoms with E-state index >= 15 is 0 Å². The quantitative estimate of drug-likeness (QED) is 0.781. The number of furan rings is 1. The van der Waals surface area contributed by atoms with Gasteiger partial charge in [-0.05, 0) is 39.1 Å². The molecule has 0 N–H and O–H groups in total. The monoisotopic (exact) mass is 349 g/mol. The topological polar surface area (TPSA) is 49.2 Å². The molecule has 2 aliphatic rings. The number of hydrogen-bond acceptors (Lipinski definition) is 5. The van der Waals surface area contributed by atoms with Gasteiger partial charge in [0.05, 0.1) is 12.1 Å². The van der Waals surface area contributed by atoms with Gasteiger partial charge in [-0.2, -0.15) is 0 Å². The Bertz CT molecular complexity index is 576. The Kier molecular flexibility index (Phi) is 5.81. The molecule has 0 radical (unpaired) electrons. The highest BCUT2D eigenvalue weighted by Gasteiger charge is 2.42. The van der Waals surface area contributed by atoms with E-state index in [2.05, 4.69) is 28.9 Å². The maximum Gasteiger partial charge on any atom is 0.248 e. The average molecular weight is 349 g/mol. The fourth-order valence-electron chi connectivity index (χ4n) is 3.65. The highest BCUT2D eigenvalue weighted by molar-refractivity contribution is 5.78. The number of nitrogens with zero attached hydrogens (tertiary/aromatic N) is 3. The van der Waals surface area contributed by atoms with E-state index in [1.165, 1.54) is 0 Å². The fourth-order valence-corrected chi connectivity index (χ4v) is 3.65. The van der Waals surface area contributed by atoms with Crippen LogP contribution in [0.3, 0.4) is 0 Å². The zero-order chi connectivity index (χ0) is 17.9. The van der Waals surface area contributed by atoms with Crippen molar-refractivity contribution in [2.75, 3.05) is 53.4 Å². The molecule has 2 fully saturated rings. The summed E-state index contributed by atoms with van der Waals surface area (Å²) in [6.07, 6.45) is 2.88. The molecule has 1 aromatic heterocycles. The minimum absolute atomic E-state index is 0.123. The third-order valence-electron chi connectivity index (χ3n) is 5.36. The Morgan fingerprint density at radius 1 is 1.20 bits per heavy atom. The Labute approximate surface area is 150 Å². The molecule has 3 heterocycles. The van der Waals surface area contributed by atoms with Crippen molar-refractivity contribution in [2.24, 2.45) is 0 Å². The maximum atomic E-state index is 12.1. The first-order valence-corrected chi connectivity index (χ1v) is 9.36. The molecule has 1 amide bonds. The van der Waals surface area contributed by atoms with Gasteiger partial charge in [0.1, 0.15) is 18.1 Å². The van der Waals surface area contributed by atoms with Crippen molar-refractivity contribution >= 4 is 5.91 Å². The van der Waals surface area contributed by atoms with Gasteiger partial charge in [-0.3, -0.25) is 9.69 Å². The second kappa shape index (κ2) is 7.89. The van der Waals surface area contributed by atoms with E-state index in [9.17, 15) is 4.79 Å². The van der Waals surface area contributed by atoms with Gasteiger partial charge in [0.25, 0.3) is 0 Å². The highest BCUT2D eigenvalue weighted by atomic mass is 16.5. The Hall–Kier alpha value is -1.37. The van der Waals surface area contributed by atoms with Crippen LogP contribution in [0.2, 0.25) is 0 Å². The van der Waals surface area contributed by atoms with Crippen LogP contribution in [-0.4, -0.2) is 79.6 Å². The molecule has 0 saturated carbocycles. The first-order chi connectivity index (χ1) is 12.0. The molecular formula is C19H31N3O3. The smallest absolute Gasteiger partial charge is 0.248 e. The third-order valence-corrected chi connectivity index (χ3v) is 5.36. The normalized spacial score (nSPS) is 21.4. The SMILES string of the molecule is CCc1ccc(CN2CCC3(CC2)CN(CCN(C)C)C(=O)CO3)o1. The zero-order valence-electron chi connectivity index (χ0n) is 15.8.